The van der Waals surface area contributed by atoms with Gasteiger partial charge in [0.25, 0.3) is 10.0 Å². The highest BCUT2D eigenvalue weighted by Gasteiger charge is 2.19. The SMILES string of the molecule is Cc1ccc(S(=O)(=O)NC(=O)NN2CCCCCC2)cc1.NC(=O)N=S(=O)=O. The van der Waals surface area contributed by atoms with Crippen molar-refractivity contribution >= 4 is 32.6 Å². The third-order valence-electron chi connectivity index (χ3n) is 3.59. The lowest BCUT2D eigenvalue weighted by atomic mass is 10.2. The van der Waals surface area contributed by atoms with Crippen LogP contribution in [0.15, 0.2) is 33.5 Å². The summed E-state index contributed by atoms with van der Waals surface area (Å²) in [6.07, 6.45) is 4.29. The van der Waals surface area contributed by atoms with Gasteiger partial charge >= 0.3 is 22.6 Å². The Morgan fingerprint density at radius 1 is 1.07 bits per heavy atom. The fraction of sp³-hybridized carbons (Fsp3) is 0.467. The Labute approximate surface area is 165 Å². The van der Waals surface area contributed by atoms with Gasteiger partial charge in [0.1, 0.15) is 0 Å². The molecular weight excluding hydrogens is 410 g/mol. The minimum atomic E-state index is -3.82. The van der Waals surface area contributed by atoms with Gasteiger partial charge in [-0.3, -0.25) is 5.43 Å². The smallest absolute Gasteiger partial charge is 0.349 e. The van der Waals surface area contributed by atoms with Crippen molar-refractivity contribution in [2.45, 2.75) is 37.5 Å². The molecule has 4 N–H and O–H groups in total. The quantitative estimate of drug-likeness (QED) is 0.636. The van der Waals surface area contributed by atoms with Crippen LogP contribution in [0.25, 0.3) is 0 Å². The standard InChI is InChI=1S/C14H21N3O3S.CH2N2O3S/c1-12-6-8-13(9-7-12)21(19,20)16-14(18)15-17-10-4-2-3-5-11-17;2-1(4)3-7(5)6/h6-9H,2-5,10-11H2,1H3,(H2,15,16,18);(H2,2,4). The first-order valence-electron chi connectivity index (χ1n) is 8.36. The summed E-state index contributed by atoms with van der Waals surface area (Å²) in [5, 5.41) is 1.77. The molecule has 4 amide bonds. The maximum absolute atomic E-state index is 12.1. The third-order valence-corrected chi connectivity index (χ3v) is 5.26. The molecule has 0 radical (unpaired) electrons. The first kappa shape index (κ1) is 23.5. The van der Waals surface area contributed by atoms with Crippen LogP contribution >= 0.6 is 0 Å². The number of amides is 4. The van der Waals surface area contributed by atoms with Crippen LogP contribution in [0.5, 0.6) is 0 Å². The van der Waals surface area contributed by atoms with Crippen LogP contribution in [0.3, 0.4) is 0 Å². The molecule has 1 fully saturated rings. The predicted octanol–water partition coefficient (Wildman–Crippen LogP) is 0.902. The number of carbonyl (C=O) groups excluding carboxylic acids is 2. The number of rotatable bonds is 3. The third kappa shape index (κ3) is 9.43. The number of nitrogens with one attached hydrogen (secondary N) is 2. The van der Waals surface area contributed by atoms with E-state index in [-0.39, 0.29) is 4.90 Å². The van der Waals surface area contributed by atoms with Gasteiger partial charge in [0, 0.05) is 13.1 Å². The van der Waals surface area contributed by atoms with Crippen LogP contribution in [-0.2, 0) is 20.5 Å². The van der Waals surface area contributed by atoms with Crippen molar-refractivity contribution in [3.63, 3.8) is 0 Å². The summed E-state index contributed by atoms with van der Waals surface area (Å²) in [7, 11) is -6.52. The molecule has 13 heteroatoms. The lowest BCUT2D eigenvalue weighted by Gasteiger charge is -2.20. The molecule has 1 aromatic rings. The Bertz CT molecular complexity index is 897. The van der Waals surface area contributed by atoms with E-state index in [9.17, 15) is 26.4 Å². The summed E-state index contributed by atoms with van der Waals surface area (Å²) in [5.41, 5.74) is 7.86. The van der Waals surface area contributed by atoms with Crippen LogP contribution in [-0.4, -0.2) is 47.0 Å². The molecular formula is C15H23N5O6S2. The van der Waals surface area contributed by atoms with Gasteiger partial charge in [0.05, 0.1) is 4.90 Å². The molecule has 0 atom stereocenters. The highest BCUT2D eigenvalue weighted by Crippen LogP contribution is 2.10. The van der Waals surface area contributed by atoms with E-state index in [0.717, 1.165) is 44.3 Å². The van der Waals surface area contributed by atoms with E-state index in [0.29, 0.717) is 0 Å². The number of nitrogens with two attached hydrogens (primary N) is 1. The summed E-state index contributed by atoms with van der Waals surface area (Å²) >= 11 is 0. The number of carbonyl (C=O) groups is 2. The maximum Gasteiger partial charge on any atom is 0.353 e. The van der Waals surface area contributed by atoms with Crippen molar-refractivity contribution in [1.29, 1.82) is 0 Å². The second-order valence-corrected chi connectivity index (χ2v) is 8.21. The second-order valence-electron chi connectivity index (χ2n) is 5.91. The van der Waals surface area contributed by atoms with Crippen molar-refractivity contribution in [2.75, 3.05) is 13.1 Å². The fourth-order valence-corrected chi connectivity index (χ4v) is 3.37. The lowest BCUT2D eigenvalue weighted by Crippen LogP contribution is -2.49. The van der Waals surface area contributed by atoms with Crippen molar-refractivity contribution in [1.82, 2.24) is 15.2 Å². The van der Waals surface area contributed by atoms with Crippen LogP contribution in [0.2, 0.25) is 0 Å². The zero-order valence-corrected chi connectivity index (χ0v) is 16.9. The molecule has 0 saturated carbocycles. The van der Waals surface area contributed by atoms with E-state index in [1.54, 1.807) is 17.1 Å². The van der Waals surface area contributed by atoms with Gasteiger partial charge in [0.15, 0.2) is 0 Å². The largest absolute Gasteiger partial charge is 0.353 e. The molecule has 1 heterocycles. The molecule has 1 saturated heterocycles. The first-order valence-corrected chi connectivity index (χ1v) is 10.9. The maximum atomic E-state index is 12.1. The van der Waals surface area contributed by atoms with Gasteiger partial charge < -0.3 is 5.73 Å². The second kappa shape index (κ2) is 11.4. The van der Waals surface area contributed by atoms with Gasteiger partial charge in [0.2, 0.25) is 0 Å². The van der Waals surface area contributed by atoms with Crippen molar-refractivity contribution in [3.05, 3.63) is 29.8 Å². The number of hydrazine groups is 1. The van der Waals surface area contributed by atoms with Gasteiger partial charge in [-0.05, 0) is 31.9 Å². The monoisotopic (exact) mass is 433 g/mol. The number of sulfonamides is 1. The van der Waals surface area contributed by atoms with Crippen LogP contribution in [0.1, 0.15) is 31.2 Å². The topological polar surface area (TPSA) is 168 Å². The highest BCUT2D eigenvalue weighted by atomic mass is 32.2. The molecule has 2 rings (SSSR count). The van der Waals surface area contributed by atoms with E-state index in [1.165, 1.54) is 12.1 Å². The number of hydrogen-bond acceptors (Lipinski definition) is 7. The molecule has 0 spiro atoms. The predicted molar refractivity (Wildman–Crippen MR) is 101 cm³/mol. The van der Waals surface area contributed by atoms with Gasteiger partial charge in [-0.25, -0.2) is 27.7 Å². The molecule has 156 valence electrons. The van der Waals surface area contributed by atoms with E-state index in [2.05, 4.69) is 15.5 Å². The summed E-state index contributed by atoms with van der Waals surface area (Å²) < 4.78 is 47.2. The summed E-state index contributed by atoms with van der Waals surface area (Å²) in [6, 6.07) is 4.45. The minimum absolute atomic E-state index is 0.0825. The Morgan fingerprint density at radius 2 is 1.61 bits per heavy atom. The molecule has 0 aliphatic carbocycles. The van der Waals surface area contributed by atoms with Crippen molar-refractivity contribution in [2.24, 2.45) is 10.1 Å². The Balaban J connectivity index is 0.000000480. The van der Waals surface area contributed by atoms with E-state index in [1.807, 2.05) is 11.6 Å². The number of aryl methyl sites for hydroxylation is 1. The number of hydrogen-bond donors (Lipinski definition) is 3. The number of primary amides is 1. The van der Waals surface area contributed by atoms with Crippen LogP contribution in [0, 0.1) is 6.92 Å². The Kier molecular flexibility index (Phi) is 9.55. The first-order chi connectivity index (χ1) is 13.1. The van der Waals surface area contributed by atoms with E-state index < -0.39 is 32.6 Å². The Hall–Kier alpha value is -2.51. The zero-order chi connectivity index (χ0) is 21.2. The molecule has 1 aliphatic heterocycles. The van der Waals surface area contributed by atoms with Crippen molar-refractivity contribution in [3.8, 4) is 0 Å². The van der Waals surface area contributed by atoms with Crippen molar-refractivity contribution < 1.29 is 26.4 Å². The Morgan fingerprint density at radius 3 is 2.04 bits per heavy atom. The molecule has 28 heavy (non-hydrogen) atoms. The summed E-state index contributed by atoms with van der Waals surface area (Å²) in [6.45, 7) is 3.37. The average molecular weight is 434 g/mol. The van der Waals surface area contributed by atoms with Crippen LogP contribution in [0.4, 0.5) is 9.59 Å². The molecule has 0 unspecified atom stereocenters. The van der Waals surface area contributed by atoms with Gasteiger partial charge in [-0.2, -0.15) is 8.42 Å². The average Bonchev–Trinajstić information content (AvgIpc) is 2.82. The normalized spacial score (nSPS) is 14.6. The van der Waals surface area contributed by atoms with Gasteiger partial charge in [-0.1, -0.05) is 34.9 Å². The summed E-state index contributed by atoms with van der Waals surface area (Å²) in [4.78, 5) is 21.4. The van der Waals surface area contributed by atoms with E-state index >= 15 is 0 Å². The number of nitrogens with zero attached hydrogens (tertiary/aromatic N) is 2. The molecule has 11 nitrogen and oxygen atoms in total. The minimum Gasteiger partial charge on any atom is -0.349 e. The molecule has 0 bridgehead atoms. The number of benzene rings is 1. The van der Waals surface area contributed by atoms with Gasteiger partial charge in [-0.15, -0.1) is 0 Å². The fourth-order valence-electron chi connectivity index (χ4n) is 2.32. The lowest BCUT2D eigenvalue weighted by molar-refractivity contribution is 0.184. The molecule has 1 aliphatic rings. The molecule has 1 aromatic carbocycles. The number of urea groups is 2. The zero-order valence-electron chi connectivity index (χ0n) is 15.3. The molecule has 0 aromatic heterocycles. The summed E-state index contributed by atoms with van der Waals surface area (Å²) in [5.74, 6) is 0. The van der Waals surface area contributed by atoms with Crippen LogP contribution < -0.4 is 15.9 Å². The van der Waals surface area contributed by atoms with E-state index in [4.69, 9.17) is 0 Å². The highest BCUT2D eigenvalue weighted by molar-refractivity contribution is 7.90.